The third-order valence-corrected chi connectivity index (χ3v) is 3.56. The molecule has 0 aliphatic heterocycles. The van der Waals surface area contributed by atoms with Gasteiger partial charge >= 0.3 is 6.55 Å². The number of aromatic nitrogens is 2. The van der Waals surface area contributed by atoms with Gasteiger partial charge in [-0.25, -0.2) is 13.8 Å². The molecule has 6 nitrogen and oxygen atoms in total. The molecule has 0 bridgehead atoms. The molecule has 2 rings (SSSR count). The standard InChI is InChI=1S/C16H16F4N4O2/c1-23(9-13-21-6-7-24(13)16(19)20)14(25)4-5-22-15(26)11-3-2-10(17)8-12(11)18/h2-3,6-8,16H,4-5,9H2,1H3,(H,22,26). The summed E-state index contributed by atoms with van der Waals surface area (Å²) in [7, 11) is 1.41. The third-order valence-electron chi connectivity index (χ3n) is 3.56. The molecule has 2 amide bonds. The summed E-state index contributed by atoms with van der Waals surface area (Å²) in [5, 5.41) is 2.34. The number of amides is 2. The van der Waals surface area contributed by atoms with Crippen molar-refractivity contribution in [3.05, 3.63) is 53.6 Å². The number of benzene rings is 1. The van der Waals surface area contributed by atoms with Gasteiger partial charge in [-0.05, 0) is 12.1 Å². The normalized spacial score (nSPS) is 10.8. The topological polar surface area (TPSA) is 67.2 Å². The van der Waals surface area contributed by atoms with Crippen LogP contribution in [0.5, 0.6) is 0 Å². The average Bonchev–Trinajstić information content (AvgIpc) is 3.02. The summed E-state index contributed by atoms with van der Waals surface area (Å²) in [6.07, 6.45) is 2.19. The van der Waals surface area contributed by atoms with Crippen molar-refractivity contribution in [1.82, 2.24) is 19.8 Å². The van der Waals surface area contributed by atoms with Gasteiger partial charge in [0.2, 0.25) is 5.91 Å². The Labute approximate surface area is 146 Å². The largest absolute Gasteiger partial charge is 0.351 e. The Kier molecular flexibility index (Phi) is 6.31. The van der Waals surface area contributed by atoms with E-state index in [1.54, 1.807) is 0 Å². The number of nitrogens with one attached hydrogen (secondary N) is 1. The molecule has 0 saturated heterocycles. The Hall–Kier alpha value is -2.91. The third kappa shape index (κ3) is 4.80. The number of nitrogens with zero attached hydrogens (tertiary/aromatic N) is 3. The molecule has 2 aromatic rings. The second-order valence-corrected chi connectivity index (χ2v) is 5.41. The van der Waals surface area contributed by atoms with Gasteiger partial charge in [-0.2, -0.15) is 8.78 Å². The van der Waals surface area contributed by atoms with E-state index in [1.165, 1.54) is 18.1 Å². The van der Waals surface area contributed by atoms with Gasteiger partial charge in [0.15, 0.2) is 0 Å². The van der Waals surface area contributed by atoms with Gasteiger partial charge in [-0.1, -0.05) is 0 Å². The minimum atomic E-state index is -2.76. The maximum Gasteiger partial charge on any atom is 0.319 e. The summed E-state index contributed by atoms with van der Waals surface area (Å²) >= 11 is 0. The van der Waals surface area contributed by atoms with Crippen molar-refractivity contribution >= 4 is 11.8 Å². The van der Waals surface area contributed by atoms with E-state index in [1.807, 2.05) is 0 Å². The van der Waals surface area contributed by atoms with Crippen LogP contribution in [0.25, 0.3) is 0 Å². The minimum Gasteiger partial charge on any atom is -0.351 e. The Morgan fingerprint density at radius 3 is 2.69 bits per heavy atom. The monoisotopic (exact) mass is 372 g/mol. The molecule has 0 spiro atoms. The molecule has 0 saturated carbocycles. The second kappa shape index (κ2) is 8.45. The van der Waals surface area contributed by atoms with Crippen LogP contribution in [0.1, 0.15) is 29.2 Å². The summed E-state index contributed by atoms with van der Waals surface area (Å²) in [5.74, 6) is -3.00. The lowest BCUT2D eigenvalue weighted by Gasteiger charge is -2.17. The van der Waals surface area contributed by atoms with E-state index >= 15 is 0 Å². The molecule has 0 aliphatic carbocycles. The molecule has 0 atom stereocenters. The minimum absolute atomic E-state index is 0.0215. The van der Waals surface area contributed by atoms with E-state index in [2.05, 4.69) is 10.3 Å². The van der Waals surface area contributed by atoms with Crippen LogP contribution in [-0.4, -0.2) is 39.9 Å². The first-order valence-electron chi connectivity index (χ1n) is 7.56. The fraction of sp³-hybridized carbons (Fsp3) is 0.312. The summed E-state index contributed by atoms with van der Waals surface area (Å²) in [6, 6.07) is 2.53. The fourth-order valence-corrected chi connectivity index (χ4v) is 2.19. The predicted octanol–water partition coefficient (Wildman–Crippen LogP) is 2.33. The van der Waals surface area contributed by atoms with E-state index < -0.39 is 30.0 Å². The zero-order valence-corrected chi connectivity index (χ0v) is 13.8. The zero-order chi connectivity index (χ0) is 19.3. The molecule has 140 valence electrons. The Morgan fingerprint density at radius 1 is 1.31 bits per heavy atom. The maximum absolute atomic E-state index is 13.5. The first kappa shape index (κ1) is 19.4. The molecule has 10 heteroatoms. The van der Waals surface area contributed by atoms with Crippen molar-refractivity contribution in [2.24, 2.45) is 0 Å². The molecule has 0 radical (unpaired) electrons. The van der Waals surface area contributed by atoms with E-state index in [4.69, 9.17) is 0 Å². The molecule has 26 heavy (non-hydrogen) atoms. The molecular weight excluding hydrogens is 356 g/mol. The molecule has 1 N–H and O–H groups in total. The lowest BCUT2D eigenvalue weighted by Crippen LogP contribution is -2.32. The lowest BCUT2D eigenvalue weighted by molar-refractivity contribution is -0.130. The number of alkyl halides is 2. The number of hydrogen-bond acceptors (Lipinski definition) is 3. The highest BCUT2D eigenvalue weighted by Gasteiger charge is 2.17. The average molecular weight is 372 g/mol. The van der Waals surface area contributed by atoms with E-state index in [9.17, 15) is 27.2 Å². The van der Waals surface area contributed by atoms with E-state index in [0.717, 1.165) is 18.3 Å². The summed E-state index contributed by atoms with van der Waals surface area (Å²) in [6.45, 7) is -2.99. The molecule has 1 aromatic heterocycles. The van der Waals surface area contributed by atoms with Crippen molar-refractivity contribution in [2.45, 2.75) is 19.5 Å². The Balaban J connectivity index is 1.84. The van der Waals surface area contributed by atoms with E-state index in [0.29, 0.717) is 10.6 Å². The Morgan fingerprint density at radius 2 is 2.04 bits per heavy atom. The van der Waals surface area contributed by atoms with Crippen LogP contribution in [0.2, 0.25) is 0 Å². The highest BCUT2D eigenvalue weighted by atomic mass is 19.3. The summed E-state index contributed by atoms with van der Waals surface area (Å²) in [4.78, 5) is 28.8. The highest BCUT2D eigenvalue weighted by molar-refractivity contribution is 5.94. The SMILES string of the molecule is CN(Cc1nccn1C(F)F)C(=O)CCNC(=O)c1ccc(F)cc1F. The molecule has 1 heterocycles. The smallest absolute Gasteiger partial charge is 0.319 e. The molecule has 1 aromatic carbocycles. The zero-order valence-electron chi connectivity index (χ0n) is 13.8. The van der Waals surface area contributed by atoms with Crippen LogP contribution in [-0.2, 0) is 11.3 Å². The van der Waals surface area contributed by atoms with Crippen LogP contribution in [0.4, 0.5) is 17.6 Å². The van der Waals surface area contributed by atoms with Crippen LogP contribution >= 0.6 is 0 Å². The summed E-state index contributed by atoms with van der Waals surface area (Å²) < 4.78 is 52.4. The van der Waals surface area contributed by atoms with Crippen molar-refractivity contribution in [1.29, 1.82) is 0 Å². The van der Waals surface area contributed by atoms with Gasteiger partial charge in [0.05, 0.1) is 12.1 Å². The number of hydrogen-bond donors (Lipinski definition) is 1. The quantitative estimate of drug-likeness (QED) is 0.759. The lowest BCUT2D eigenvalue weighted by atomic mass is 10.2. The van der Waals surface area contributed by atoms with Crippen LogP contribution in [0.3, 0.4) is 0 Å². The van der Waals surface area contributed by atoms with Crippen molar-refractivity contribution in [2.75, 3.05) is 13.6 Å². The summed E-state index contributed by atoms with van der Waals surface area (Å²) in [5.41, 5.74) is -0.342. The maximum atomic E-state index is 13.5. The highest BCUT2D eigenvalue weighted by Crippen LogP contribution is 2.14. The van der Waals surface area contributed by atoms with Gasteiger partial charge in [0.25, 0.3) is 5.91 Å². The molecule has 0 unspecified atom stereocenters. The van der Waals surface area contributed by atoms with Crippen molar-refractivity contribution < 1.29 is 27.2 Å². The number of carbonyl (C=O) groups excluding carboxylic acids is 2. The van der Waals surface area contributed by atoms with Gasteiger partial charge < -0.3 is 10.2 Å². The second-order valence-electron chi connectivity index (χ2n) is 5.41. The van der Waals surface area contributed by atoms with Crippen molar-refractivity contribution in [3.63, 3.8) is 0 Å². The molecule has 0 fully saturated rings. The van der Waals surface area contributed by atoms with Gasteiger partial charge in [0.1, 0.15) is 17.5 Å². The molecular formula is C16H16F4N4O2. The Bertz CT molecular complexity index is 794. The van der Waals surface area contributed by atoms with Crippen LogP contribution in [0, 0.1) is 11.6 Å². The predicted molar refractivity (Wildman–Crippen MR) is 83.3 cm³/mol. The van der Waals surface area contributed by atoms with E-state index in [-0.39, 0.29) is 30.9 Å². The van der Waals surface area contributed by atoms with Gasteiger partial charge in [0, 0.05) is 38.5 Å². The number of imidazole rings is 1. The number of halogens is 4. The first-order valence-corrected chi connectivity index (χ1v) is 7.56. The van der Waals surface area contributed by atoms with Gasteiger partial charge in [-0.15, -0.1) is 0 Å². The van der Waals surface area contributed by atoms with Crippen LogP contribution in [0.15, 0.2) is 30.6 Å². The fourth-order valence-electron chi connectivity index (χ4n) is 2.19. The van der Waals surface area contributed by atoms with Crippen LogP contribution < -0.4 is 5.32 Å². The number of rotatable bonds is 7. The van der Waals surface area contributed by atoms with Gasteiger partial charge in [-0.3, -0.25) is 14.2 Å². The first-order chi connectivity index (χ1) is 12.3. The number of carbonyl (C=O) groups is 2. The molecule has 0 aliphatic rings. The van der Waals surface area contributed by atoms with Crippen molar-refractivity contribution in [3.8, 4) is 0 Å².